The molecule has 2 fully saturated rings. The number of hydrogen-bond acceptors (Lipinski definition) is 10. The van der Waals surface area contributed by atoms with Crippen LogP contribution in [-0.2, 0) is 18.9 Å². The molecule has 7 atom stereocenters. The van der Waals surface area contributed by atoms with Gasteiger partial charge in [-0.25, -0.2) is 4.79 Å². The van der Waals surface area contributed by atoms with Crippen LogP contribution in [0.3, 0.4) is 0 Å². The van der Waals surface area contributed by atoms with Crippen molar-refractivity contribution in [1.29, 1.82) is 0 Å². The lowest BCUT2D eigenvalue weighted by atomic mass is 9.95. The molecular formula is C23H26O10. The molecule has 2 aromatic rings. The van der Waals surface area contributed by atoms with Gasteiger partial charge < -0.3 is 44.1 Å². The molecule has 7 unspecified atom stereocenters. The van der Waals surface area contributed by atoms with Gasteiger partial charge in [-0.05, 0) is 29.8 Å². The summed E-state index contributed by atoms with van der Waals surface area (Å²) in [6.07, 6.45) is -7.78. The number of phenols is 1. The summed E-state index contributed by atoms with van der Waals surface area (Å²) in [5.41, 5.74) is 0.869. The fraction of sp³-hybridized carbons (Fsp3) is 0.435. The van der Waals surface area contributed by atoms with Crippen LogP contribution in [0.2, 0.25) is 0 Å². The summed E-state index contributed by atoms with van der Waals surface area (Å²) < 4.78 is 27.9. The molecule has 2 aromatic carbocycles. The molecule has 0 amide bonds. The van der Waals surface area contributed by atoms with Gasteiger partial charge in [-0.2, -0.15) is 0 Å². The quantitative estimate of drug-likeness (QED) is 0.449. The fourth-order valence-electron chi connectivity index (χ4n) is 3.92. The summed E-state index contributed by atoms with van der Waals surface area (Å²) in [5, 5.41) is 40.9. The van der Waals surface area contributed by atoms with E-state index in [0.29, 0.717) is 11.1 Å². The number of hydrogen-bond donors (Lipinski definition) is 4. The largest absolute Gasteiger partial charge is 0.504 e. The van der Waals surface area contributed by atoms with Crippen LogP contribution in [0.4, 0.5) is 0 Å². The van der Waals surface area contributed by atoms with Crippen LogP contribution in [0.5, 0.6) is 11.5 Å². The van der Waals surface area contributed by atoms with Gasteiger partial charge in [0.15, 0.2) is 17.8 Å². The second-order valence-corrected chi connectivity index (χ2v) is 7.80. The van der Waals surface area contributed by atoms with Crippen LogP contribution < -0.4 is 4.74 Å². The smallest absolute Gasteiger partial charge is 0.338 e. The van der Waals surface area contributed by atoms with Crippen molar-refractivity contribution in [3.63, 3.8) is 0 Å². The Morgan fingerprint density at radius 2 is 1.73 bits per heavy atom. The maximum absolute atomic E-state index is 12.2. The van der Waals surface area contributed by atoms with E-state index in [2.05, 4.69) is 0 Å². The molecule has 0 saturated carbocycles. The standard InChI is InChI=1S/C23H26O10/c1-29-15-9-13(7-8-14(15)25)20-16(10-24)31-23-21(33-20)19(27)18(26)17(32-23)11-30-22(28)12-5-3-2-4-6-12/h2-9,16-21,23-27H,10-11H2,1H3. The number of aromatic hydroxyl groups is 1. The van der Waals surface area contributed by atoms with E-state index in [0.717, 1.165) is 0 Å². The number of carbonyl (C=O) groups is 1. The van der Waals surface area contributed by atoms with Crippen LogP contribution in [-0.4, -0.2) is 83.5 Å². The van der Waals surface area contributed by atoms with Crippen LogP contribution in [0.1, 0.15) is 22.0 Å². The molecule has 10 heteroatoms. The summed E-state index contributed by atoms with van der Waals surface area (Å²) in [5.74, 6) is -0.463. The second kappa shape index (κ2) is 10.0. The predicted octanol–water partition coefficient (Wildman–Crippen LogP) is 0.522. The van der Waals surface area contributed by atoms with Gasteiger partial charge in [0.25, 0.3) is 0 Å². The van der Waals surface area contributed by atoms with E-state index in [1.165, 1.54) is 19.2 Å². The summed E-state index contributed by atoms with van der Waals surface area (Å²) in [6.45, 7) is -0.742. The van der Waals surface area contributed by atoms with Crippen LogP contribution >= 0.6 is 0 Å². The number of phenolic OH excluding ortho intramolecular Hbond substituents is 1. The first-order valence-corrected chi connectivity index (χ1v) is 10.5. The van der Waals surface area contributed by atoms with Crippen molar-refractivity contribution in [1.82, 2.24) is 0 Å². The minimum atomic E-state index is -1.42. The molecule has 4 N–H and O–H groups in total. The molecule has 2 heterocycles. The molecular weight excluding hydrogens is 436 g/mol. The van der Waals surface area contributed by atoms with Crippen molar-refractivity contribution in [2.75, 3.05) is 20.3 Å². The van der Waals surface area contributed by atoms with Crippen LogP contribution in [0.25, 0.3) is 0 Å². The number of ether oxygens (including phenoxy) is 5. The predicted molar refractivity (Wildman–Crippen MR) is 112 cm³/mol. The summed E-state index contributed by atoms with van der Waals surface area (Å²) in [6, 6.07) is 12.9. The van der Waals surface area contributed by atoms with E-state index >= 15 is 0 Å². The van der Waals surface area contributed by atoms with Gasteiger partial charge in [0.1, 0.15) is 43.2 Å². The number of rotatable bonds is 6. The SMILES string of the molecule is COc1cc(C2OC3C(OC2CO)OC(COC(=O)c2ccccc2)C(O)C3O)ccc1O. The average Bonchev–Trinajstić information content (AvgIpc) is 2.85. The minimum absolute atomic E-state index is 0.0687. The summed E-state index contributed by atoms with van der Waals surface area (Å²) in [7, 11) is 1.40. The molecule has 33 heavy (non-hydrogen) atoms. The zero-order chi connectivity index (χ0) is 23.5. The van der Waals surface area contributed by atoms with Crippen molar-refractivity contribution < 1.29 is 48.9 Å². The third kappa shape index (κ3) is 4.81. The maximum Gasteiger partial charge on any atom is 0.338 e. The van der Waals surface area contributed by atoms with E-state index in [9.17, 15) is 25.2 Å². The van der Waals surface area contributed by atoms with Crippen LogP contribution in [0, 0.1) is 0 Å². The number of methoxy groups -OCH3 is 1. The van der Waals surface area contributed by atoms with Crippen molar-refractivity contribution >= 4 is 5.97 Å². The molecule has 0 spiro atoms. The highest BCUT2D eigenvalue weighted by Crippen LogP contribution is 2.39. The third-order valence-corrected chi connectivity index (χ3v) is 5.70. The Bertz CT molecular complexity index is 952. The zero-order valence-electron chi connectivity index (χ0n) is 17.8. The first kappa shape index (κ1) is 23.4. The lowest BCUT2D eigenvalue weighted by molar-refractivity contribution is -0.370. The van der Waals surface area contributed by atoms with Crippen molar-refractivity contribution in [3.8, 4) is 11.5 Å². The van der Waals surface area contributed by atoms with E-state index in [-0.39, 0.29) is 18.1 Å². The van der Waals surface area contributed by atoms with Gasteiger partial charge in [-0.1, -0.05) is 24.3 Å². The Hall–Kier alpha value is -2.73. The Morgan fingerprint density at radius 3 is 2.42 bits per heavy atom. The molecule has 0 radical (unpaired) electrons. The Morgan fingerprint density at radius 1 is 1.00 bits per heavy atom. The van der Waals surface area contributed by atoms with Gasteiger partial charge in [0.05, 0.1) is 19.3 Å². The van der Waals surface area contributed by atoms with Gasteiger partial charge in [0.2, 0.25) is 0 Å². The van der Waals surface area contributed by atoms with Crippen molar-refractivity contribution in [3.05, 3.63) is 59.7 Å². The monoisotopic (exact) mass is 462 g/mol. The fourth-order valence-corrected chi connectivity index (χ4v) is 3.92. The first-order valence-electron chi connectivity index (χ1n) is 10.5. The summed E-state index contributed by atoms with van der Waals surface area (Å²) in [4.78, 5) is 12.2. The molecule has 2 aliphatic heterocycles. The van der Waals surface area contributed by atoms with Gasteiger partial charge in [0, 0.05) is 0 Å². The lowest BCUT2D eigenvalue weighted by Gasteiger charge is -2.48. The van der Waals surface area contributed by atoms with Gasteiger partial charge in [-0.3, -0.25) is 0 Å². The normalized spacial score (nSPS) is 31.5. The lowest BCUT2D eigenvalue weighted by Crippen LogP contribution is -2.64. The number of benzene rings is 2. The summed E-state index contributed by atoms with van der Waals surface area (Å²) >= 11 is 0. The highest BCUT2D eigenvalue weighted by molar-refractivity contribution is 5.89. The van der Waals surface area contributed by atoms with Crippen LogP contribution in [0.15, 0.2) is 48.5 Å². The number of aliphatic hydroxyl groups excluding tert-OH is 3. The molecule has 0 aliphatic carbocycles. The Balaban J connectivity index is 1.46. The molecule has 10 nitrogen and oxygen atoms in total. The average molecular weight is 462 g/mol. The van der Waals surface area contributed by atoms with E-state index in [4.69, 9.17) is 23.7 Å². The topological polar surface area (TPSA) is 144 Å². The number of aliphatic hydroxyl groups is 3. The van der Waals surface area contributed by atoms with E-state index < -0.39 is 55.5 Å². The minimum Gasteiger partial charge on any atom is -0.504 e. The molecule has 0 aromatic heterocycles. The Kier molecular flexibility index (Phi) is 7.13. The van der Waals surface area contributed by atoms with Gasteiger partial charge in [-0.15, -0.1) is 0 Å². The molecule has 4 rings (SSSR count). The number of fused-ring (bicyclic) bond motifs is 1. The zero-order valence-corrected chi connectivity index (χ0v) is 17.8. The molecule has 2 saturated heterocycles. The maximum atomic E-state index is 12.2. The molecule has 0 bridgehead atoms. The van der Waals surface area contributed by atoms with Crippen molar-refractivity contribution in [2.24, 2.45) is 0 Å². The third-order valence-electron chi connectivity index (χ3n) is 5.70. The number of carbonyl (C=O) groups excluding carboxylic acids is 1. The van der Waals surface area contributed by atoms with E-state index in [1.54, 1.807) is 36.4 Å². The first-order chi connectivity index (χ1) is 15.9. The molecule has 178 valence electrons. The Labute approximate surface area is 189 Å². The van der Waals surface area contributed by atoms with E-state index in [1.807, 2.05) is 0 Å². The number of esters is 1. The van der Waals surface area contributed by atoms with Gasteiger partial charge >= 0.3 is 5.97 Å². The highest BCUT2D eigenvalue weighted by Gasteiger charge is 2.52. The second-order valence-electron chi connectivity index (χ2n) is 7.80. The van der Waals surface area contributed by atoms with Crippen molar-refractivity contribution in [2.45, 2.75) is 42.9 Å². The highest BCUT2D eigenvalue weighted by atomic mass is 16.7. The molecule has 2 aliphatic rings.